The molecule has 0 spiro atoms. The molecular formula is C13H18N4S2. The quantitative estimate of drug-likeness (QED) is 0.654. The van der Waals surface area contributed by atoms with E-state index >= 15 is 0 Å². The molecule has 19 heavy (non-hydrogen) atoms. The first kappa shape index (κ1) is 14.2. The molecule has 2 heterocycles. The maximum atomic E-state index is 5.30. The summed E-state index contributed by atoms with van der Waals surface area (Å²) in [6.45, 7) is 10.6. The van der Waals surface area contributed by atoms with Crippen molar-refractivity contribution in [2.45, 2.75) is 20.5 Å². The lowest BCUT2D eigenvalue weighted by molar-refractivity contribution is 0.234. The minimum Gasteiger partial charge on any atom is -0.281 e. The van der Waals surface area contributed by atoms with Crippen LogP contribution >= 0.6 is 23.6 Å². The predicted octanol–water partition coefficient (Wildman–Crippen LogP) is 3.52. The zero-order chi connectivity index (χ0) is 13.8. The highest BCUT2D eigenvalue weighted by Crippen LogP contribution is 2.20. The molecule has 0 radical (unpaired) electrons. The summed E-state index contributed by atoms with van der Waals surface area (Å²) in [5.74, 6) is 0.839. The Labute approximate surface area is 122 Å². The van der Waals surface area contributed by atoms with Gasteiger partial charge in [0.15, 0.2) is 5.82 Å². The van der Waals surface area contributed by atoms with Crippen molar-refractivity contribution in [3.63, 3.8) is 0 Å². The van der Waals surface area contributed by atoms with E-state index in [4.69, 9.17) is 12.2 Å². The van der Waals surface area contributed by atoms with Gasteiger partial charge in [0.1, 0.15) is 0 Å². The monoisotopic (exact) mass is 294 g/mol. The van der Waals surface area contributed by atoms with Crippen LogP contribution in [-0.4, -0.2) is 32.8 Å². The number of rotatable bonds is 6. The third kappa shape index (κ3) is 3.62. The summed E-state index contributed by atoms with van der Waals surface area (Å²) in [4.78, 5) is 7.77. The highest BCUT2D eigenvalue weighted by Gasteiger charge is 2.09. The summed E-state index contributed by atoms with van der Waals surface area (Å²) in [5, 5.41) is 5.29. The van der Waals surface area contributed by atoms with Gasteiger partial charge in [-0.2, -0.15) is 4.98 Å². The predicted molar refractivity (Wildman–Crippen MR) is 82.8 cm³/mol. The van der Waals surface area contributed by atoms with Gasteiger partial charge >= 0.3 is 0 Å². The number of hydrogen-bond acceptors (Lipinski definition) is 4. The largest absolute Gasteiger partial charge is 0.281 e. The van der Waals surface area contributed by atoms with Crippen molar-refractivity contribution in [2.24, 2.45) is 0 Å². The molecule has 0 amide bonds. The molecule has 0 aliphatic heterocycles. The second-order valence-electron chi connectivity index (χ2n) is 4.50. The molecule has 0 saturated heterocycles. The van der Waals surface area contributed by atoms with Crippen LogP contribution in [0.5, 0.6) is 0 Å². The van der Waals surface area contributed by atoms with Crippen molar-refractivity contribution >= 4 is 23.6 Å². The number of likely N-dealkylation sites (N-methyl/N-ethyl adjacent to an activating group) is 1. The molecule has 0 aliphatic carbocycles. The topological polar surface area (TPSA) is 36.9 Å². The SMILES string of the molecule is C=C(C)CN(CC)Cn1[nH]c(-c2cccs2)nc1=S. The van der Waals surface area contributed by atoms with E-state index in [2.05, 4.69) is 28.5 Å². The first-order valence-corrected chi connectivity index (χ1v) is 7.46. The van der Waals surface area contributed by atoms with Crippen LogP contribution in [0.4, 0.5) is 0 Å². The summed E-state index contributed by atoms with van der Waals surface area (Å²) < 4.78 is 2.49. The van der Waals surface area contributed by atoms with Crippen molar-refractivity contribution < 1.29 is 0 Å². The molecule has 0 atom stereocenters. The van der Waals surface area contributed by atoms with Crippen LogP contribution in [0.15, 0.2) is 29.7 Å². The number of H-pyrrole nitrogens is 1. The molecule has 0 saturated carbocycles. The van der Waals surface area contributed by atoms with E-state index in [9.17, 15) is 0 Å². The van der Waals surface area contributed by atoms with E-state index in [0.717, 1.165) is 29.4 Å². The van der Waals surface area contributed by atoms with E-state index in [1.54, 1.807) is 11.3 Å². The van der Waals surface area contributed by atoms with Gasteiger partial charge in [-0.3, -0.25) is 10.00 Å². The molecule has 102 valence electrons. The zero-order valence-electron chi connectivity index (χ0n) is 11.2. The molecule has 0 aromatic carbocycles. The van der Waals surface area contributed by atoms with Crippen LogP contribution in [-0.2, 0) is 6.67 Å². The molecule has 4 nitrogen and oxygen atoms in total. The summed E-state index contributed by atoms with van der Waals surface area (Å²) >= 11 is 6.96. The van der Waals surface area contributed by atoms with Gasteiger partial charge in [-0.05, 0) is 37.1 Å². The number of nitrogens with zero attached hydrogens (tertiary/aromatic N) is 3. The minimum atomic E-state index is 0.587. The Kier molecular flexibility index (Phi) is 4.68. The molecule has 2 aromatic heterocycles. The highest BCUT2D eigenvalue weighted by molar-refractivity contribution is 7.71. The van der Waals surface area contributed by atoms with Crippen molar-refractivity contribution in [1.82, 2.24) is 19.7 Å². The summed E-state index contributed by atoms with van der Waals surface area (Å²) in [6.07, 6.45) is 0. The van der Waals surface area contributed by atoms with Crippen LogP contribution in [0.3, 0.4) is 0 Å². The molecular weight excluding hydrogens is 276 g/mol. The van der Waals surface area contributed by atoms with Crippen molar-refractivity contribution in [2.75, 3.05) is 13.1 Å². The number of thiophene rings is 1. The average Bonchev–Trinajstić information content (AvgIpc) is 2.98. The van der Waals surface area contributed by atoms with Crippen LogP contribution in [0.1, 0.15) is 13.8 Å². The van der Waals surface area contributed by atoms with Crippen molar-refractivity contribution in [1.29, 1.82) is 0 Å². The first-order valence-electron chi connectivity index (χ1n) is 6.17. The van der Waals surface area contributed by atoms with Gasteiger partial charge in [-0.25, -0.2) is 4.68 Å². The minimum absolute atomic E-state index is 0.587. The Morgan fingerprint density at radius 3 is 3.00 bits per heavy atom. The fourth-order valence-electron chi connectivity index (χ4n) is 1.82. The van der Waals surface area contributed by atoms with Gasteiger partial charge in [0, 0.05) is 6.54 Å². The standard InChI is InChI=1S/C13H18N4S2/c1-4-16(8-10(2)3)9-17-13(18)14-12(15-17)11-6-5-7-19-11/h5-7H,2,4,8-9H2,1,3H3,(H,14,15,18). The lowest BCUT2D eigenvalue weighted by atomic mass is 10.3. The van der Waals surface area contributed by atoms with Gasteiger partial charge in [0.2, 0.25) is 4.77 Å². The molecule has 0 unspecified atom stereocenters. The third-order valence-electron chi connectivity index (χ3n) is 2.72. The van der Waals surface area contributed by atoms with Crippen LogP contribution in [0.25, 0.3) is 10.7 Å². The number of nitrogens with one attached hydrogen (secondary N) is 1. The van der Waals surface area contributed by atoms with Crippen LogP contribution in [0, 0.1) is 4.77 Å². The number of aromatic nitrogens is 3. The molecule has 1 N–H and O–H groups in total. The van der Waals surface area contributed by atoms with Gasteiger partial charge in [0.05, 0.1) is 11.5 Å². The normalized spacial score (nSPS) is 11.1. The van der Waals surface area contributed by atoms with Crippen LogP contribution in [0.2, 0.25) is 0 Å². The Bertz CT molecular complexity index is 594. The molecule has 2 rings (SSSR count). The Balaban J connectivity index is 2.17. The second kappa shape index (κ2) is 6.27. The van der Waals surface area contributed by atoms with Crippen molar-refractivity contribution in [3.8, 4) is 10.7 Å². The molecule has 0 bridgehead atoms. The van der Waals surface area contributed by atoms with E-state index in [1.807, 2.05) is 29.1 Å². The summed E-state index contributed by atoms with van der Waals surface area (Å²) in [7, 11) is 0. The molecule has 0 aliphatic rings. The molecule has 2 aromatic rings. The second-order valence-corrected chi connectivity index (χ2v) is 5.82. The Morgan fingerprint density at radius 1 is 1.63 bits per heavy atom. The maximum Gasteiger partial charge on any atom is 0.217 e. The fraction of sp³-hybridized carbons (Fsp3) is 0.385. The fourth-order valence-corrected chi connectivity index (χ4v) is 2.68. The van der Waals surface area contributed by atoms with E-state index < -0.39 is 0 Å². The van der Waals surface area contributed by atoms with E-state index in [1.165, 1.54) is 0 Å². The Morgan fingerprint density at radius 2 is 2.42 bits per heavy atom. The first-order chi connectivity index (χ1) is 9.10. The number of hydrogen-bond donors (Lipinski definition) is 1. The molecule has 6 heteroatoms. The van der Waals surface area contributed by atoms with E-state index in [-0.39, 0.29) is 0 Å². The van der Waals surface area contributed by atoms with Gasteiger partial charge in [-0.15, -0.1) is 11.3 Å². The lowest BCUT2D eigenvalue weighted by Gasteiger charge is -2.20. The molecule has 0 fully saturated rings. The summed E-state index contributed by atoms with van der Waals surface area (Å²) in [5.41, 5.74) is 1.14. The zero-order valence-corrected chi connectivity index (χ0v) is 12.9. The lowest BCUT2D eigenvalue weighted by Crippen LogP contribution is -2.28. The smallest absolute Gasteiger partial charge is 0.217 e. The maximum absolute atomic E-state index is 5.30. The number of aromatic amines is 1. The summed E-state index contributed by atoms with van der Waals surface area (Å²) in [6, 6.07) is 4.05. The Hall–Kier alpha value is -1.24. The van der Waals surface area contributed by atoms with Gasteiger partial charge in [0.25, 0.3) is 0 Å². The van der Waals surface area contributed by atoms with Gasteiger partial charge in [-0.1, -0.05) is 25.1 Å². The third-order valence-corrected chi connectivity index (χ3v) is 3.90. The van der Waals surface area contributed by atoms with Gasteiger partial charge < -0.3 is 0 Å². The van der Waals surface area contributed by atoms with E-state index in [0.29, 0.717) is 11.4 Å². The highest BCUT2D eigenvalue weighted by atomic mass is 32.1. The van der Waals surface area contributed by atoms with Crippen molar-refractivity contribution in [3.05, 3.63) is 34.4 Å². The average molecular weight is 294 g/mol. The van der Waals surface area contributed by atoms with Crippen LogP contribution < -0.4 is 0 Å².